The van der Waals surface area contributed by atoms with Crippen LogP contribution in [-0.2, 0) is 16.1 Å². The largest absolute Gasteiger partial charge is 0.322 e. The molecule has 1 aromatic carbocycles. The van der Waals surface area contributed by atoms with E-state index in [1.807, 2.05) is 19.9 Å². The van der Waals surface area contributed by atoms with Crippen LogP contribution in [0.15, 0.2) is 30.3 Å². The van der Waals surface area contributed by atoms with Gasteiger partial charge in [0.2, 0.25) is 5.91 Å². The number of carbonyl (C=O) groups excluding carboxylic acids is 2. The number of imide groups is 1. The number of amides is 2. The highest BCUT2D eigenvalue weighted by Crippen LogP contribution is 2.13. The molecule has 3 rings (SSSR count). The van der Waals surface area contributed by atoms with E-state index in [0.717, 1.165) is 32.7 Å². The van der Waals surface area contributed by atoms with Crippen LogP contribution in [0, 0.1) is 5.92 Å². The van der Waals surface area contributed by atoms with Crippen LogP contribution in [0.25, 0.3) is 0 Å². The number of hydrogen-bond donors (Lipinski definition) is 2. The predicted molar refractivity (Wildman–Crippen MR) is 91.5 cm³/mol. The number of likely N-dealkylation sites (tertiary alicyclic amines) is 1. The second-order valence-corrected chi connectivity index (χ2v) is 7.56. The maximum Gasteiger partial charge on any atom is 0.288 e. The van der Waals surface area contributed by atoms with Crippen LogP contribution in [-0.4, -0.2) is 55.5 Å². The Morgan fingerprint density at radius 1 is 1.08 bits per heavy atom. The fraction of sp³-hybridized carbons (Fsp3) is 0.579. The van der Waals surface area contributed by atoms with Gasteiger partial charge < -0.3 is 9.80 Å². The summed E-state index contributed by atoms with van der Waals surface area (Å²) in [7, 11) is 0. The lowest BCUT2D eigenvalue weighted by Crippen LogP contribution is -3.29. The number of benzene rings is 1. The fourth-order valence-corrected chi connectivity index (χ4v) is 3.89. The average Bonchev–Trinajstić information content (AvgIpc) is 2.84. The molecule has 0 radical (unpaired) electrons. The molecule has 2 saturated heterocycles. The molecule has 2 heterocycles. The summed E-state index contributed by atoms with van der Waals surface area (Å²) >= 11 is 0. The van der Waals surface area contributed by atoms with Gasteiger partial charge in [0.1, 0.15) is 32.7 Å². The van der Waals surface area contributed by atoms with Gasteiger partial charge in [0.05, 0.1) is 6.42 Å². The van der Waals surface area contributed by atoms with Crippen LogP contribution in [0.2, 0.25) is 0 Å². The molecule has 0 saturated carbocycles. The Hall–Kier alpha value is -1.72. The normalized spacial score (nSPS) is 28.0. The first-order valence-electron chi connectivity index (χ1n) is 9.11. The maximum absolute atomic E-state index is 12.6. The van der Waals surface area contributed by atoms with E-state index in [1.54, 1.807) is 4.90 Å². The predicted octanol–water partition coefficient (Wildman–Crippen LogP) is -1.25. The Bertz CT molecular complexity index is 580. The molecule has 0 aliphatic carbocycles. The van der Waals surface area contributed by atoms with Gasteiger partial charge in [0.15, 0.2) is 6.04 Å². The molecule has 0 spiro atoms. The van der Waals surface area contributed by atoms with E-state index in [1.165, 1.54) is 15.4 Å². The summed E-state index contributed by atoms with van der Waals surface area (Å²) in [5, 5.41) is 0. The molecule has 2 aliphatic heterocycles. The lowest BCUT2D eigenvalue weighted by atomic mass is 10.1. The molecule has 2 amide bonds. The van der Waals surface area contributed by atoms with Crippen molar-refractivity contribution in [2.24, 2.45) is 5.92 Å². The summed E-state index contributed by atoms with van der Waals surface area (Å²) in [6, 6.07) is 10.4. The van der Waals surface area contributed by atoms with Gasteiger partial charge >= 0.3 is 0 Å². The van der Waals surface area contributed by atoms with Gasteiger partial charge in [-0.15, -0.1) is 0 Å². The molecule has 1 atom stereocenters. The van der Waals surface area contributed by atoms with Gasteiger partial charge in [-0.1, -0.05) is 44.2 Å². The van der Waals surface area contributed by atoms with Crippen molar-refractivity contribution in [2.75, 3.05) is 32.7 Å². The number of hydrogen-bond acceptors (Lipinski definition) is 2. The molecular weight excluding hydrogens is 302 g/mol. The van der Waals surface area contributed by atoms with Crippen molar-refractivity contribution in [1.82, 2.24) is 4.90 Å². The van der Waals surface area contributed by atoms with E-state index in [-0.39, 0.29) is 17.9 Å². The van der Waals surface area contributed by atoms with E-state index in [2.05, 4.69) is 24.3 Å². The number of piperazine rings is 1. The lowest BCUT2D eigenvalue weighted by molar-refractivity contribution is -1.02. The van der Waals surface area contributed by atoms with Crippen LogP contribution in [0.5, 0.6) is 0 Å². The summed E-state index contributed by atoms with van der Waals surface area (Å²) in [4.78, 5) is 29.1. The van der Waals surface area contributed by atoms with E-state index in [0.29, 0.717) is 18.9 Å². The second kappa shape index (κ2) is 7.45. The molecule has 2 aliphatic rings. The highest BCUT2D eigenvalue weighted by Gasteiger charge is 2.46. The molecule has 1 aromatic rings. The smallest absolute Gasteiger partial charge is 0.288 e. The highest BCUT2D eigenvalue weighted by atomic mass is 16.2. The van der Waals surface area contributed by atoms with Crippen molar-refractivity contribution in [3.63, 3.8) is 0 Å². The number of nitrogens with one attached hydrogen (secondary N) is 2. The first-order chi connectivity index (χ1) is 11.5. The number of quaternary nitrogens is 2. The van der Waals surface area contributed by atoms with Crippen LogP contribution in [0.1, 0.15) is 25.8 Å². The third-order valence-electron chi connectivity index (χ3n) is 5.18. The van der Waals surface area contributed by atoms with E-state index < -0.39 is 0 Å². The maximum atomic E-state index is 12.6. The zero-order valence-electron chi connectivity index (χ0n) is 14.8. The molecule has 5 nitrogen and oxygen atoms in total. The van der Waals surface area contributed by atoms with Gasteiger partial charge in [0.25, 0.3) is 5.91 Å². The number of carbonyl (C=O) groups is 2. The van der Waals surface area contributed by atoms with Crippen molar-refractivity contribution in [2.45, 2.75) is 32.9 Å². The van der Waals surface area contributed by atoms with E-state index in [4.69, 9.17) is 0 Å². The van der Waals surface area contributed by atoms with Crippen molar-refractivity contribution in [1.29, 1.82) is 0 Å². The first-order valence-corrected chi connectivity index (χ1v) is 9.11. The standard InChI is InChI=1S/C19H27N3O2/c1-15(2)13-22-18(23)12-17(19(22)24)21-10-8-20(9-11-21)14-16-6-4-3-5-7-16/h3-7,15,17H,8-14H2,1-2H3/p+2/t17-/m1/s1. The average molecular weight is 331 g/mol. The topological polar surface area (TPSA) is 46.3 Å². The van der Waals surface area contributed by atoms with Crippen molar-refractivity contribution in [3.8, 4) is 0 Å². The third kappa shape index (κ3) is 3.84. The number of rotatable bonds is 5. The Morgan fingerprint density at radius 3 is 2.38 bits per heavy atom. The molecule has 24 heavy (non-hydrogen) atoms. The molecule has 0 bridgehead atoms. The van der Waals surface area contributed by atoms with Crippen molar-refractivity contribution >= 4 is 11.8 Å². The van der Waals surface area contributed by atoms with Gasteiger partial charge in [0, 0.05) is 12.1 Å². The fourth-order valence-electron chi connectivity index (χ4n) is 3.89. The molecule has 2 N–H and O–H groups in total. The Kier molecular flexibility index (Phi) is 5.31. The Labute approximate surface area is 144 Å². The third-order valence-corrected chi connectivity index (χ3v) is 5.18. The molecule has 0 aromatic heterocycles. The van der Waals surface area contributed by atoms with Gasteiger partial charge in [-0.2, -0.15) is 0 Å². The minimum atomic E-state index is -0.144. The summed E-state index contributed by atoms with van der Waals surface area (Å²) in [6.07, 6.45) is 0.398. The zero-order valence-corrected chi connectivity index (χ0v) is 14.8. The van der Waals surface area contributed by atoms with Gasteiger partial charge in [-0.3, -0.25) is 14.5 Å². The Morgan fingerprint density at radius 2 is 1.75 bits per heavy atom. The van der Waals surface area contributed by atoms with Crippen LogP contribution >= 0.6 is 0 Å². The van der Waals surface area contributed by atoms with Crippen LogP contribution in [0.3, 0.4) is 0 Å². The molecule has 0 unspecified atom stereocenters. The minimum absolute atomic E-state index is 0.0188. The van der Waals surface area contributed by atoms with Gasteiger partial charge in [-0.05, 0) is 5.92 Å². The SMILES string of the molecule is CC(C)CN1C(=O)C[C@@H]([NH+]2CC[NH+](Cc3ccccc3)CC2)C1=O. The van der Waals surface area contributed by atoms with Crippen molar-refractivity contribution in [3.05, 3.63) is 35.9 Å². The monoisotopic (exact) mass is 331 g/mol. The lowest BCUT2D eigenvalue weighted by Gasteiger charge is -2.32. The highest BCUT2D eigenvalue weighted by molar-refractivity contribution is 6.04. The molecule has 2 fully saturated rings. The molecule has 130 valence electrons. The number of nitrogens with zero attached hydrogens (tertiary/aromatic N) is 1. The Balaban J connectivity index is 1.53. The minimum Gasteiger partial charge on any atom is -0.322 e. The summed E-state index contributed by atoms with van der Waals surface area (Å²) in [5.41, 5.74) is 1.37. The van der Waals surface area contributed by atoms with Crippen LogP contribution < -0.4 is 9.80 Å². The van der Waals surface area contributed by atoms with Crippen molar-refractivity contribution < 1.29 is 19.4 Å². The molecular formula is C19H29N3O2+2. The summed E-state index contributed by atoms with van der Waals surface area (Å²) in [6.45, 7) is 9.78. The van der Waals surface area contributed by atoms with E-state index in [9.17, 15) is 9.59 Å². The van der Waals surface area contributed by atoms with Crippen LogP contribution in [0.4, 0.5) is 0 Å². The first kappa shape index (κ1) is 17.1. The summed E-state index contributed by atoms with van der Waals surface area (Å²) < 4.78 is 0. The zero-order chi connectivity index (χ0) is 17.1. The van der Waals surface area contributed by atoms with E-state index >= 15 is 0 Å². The second-order valence-electron chi connectivity index (χ2n) is 7.56. The summed E-state index contributed by atoms with van der Waals surface area (Å²) in [5.74, 6) is 0.402. The molecule has 5 heteroatoms. The van der Waals surface area contributed by atoms with Gasteiger partial charge in [-0.25, -0.2) is 0 Å². The quantitative estimate of drug-likeness (QED) is 0.663.